The van der Waals surface area contributed by atoms with Crippen LogP contribution >= 0.6 is 11.6 Å². The highest BCUT2D eigenvalue weighted by Crippen LogP contribution is 2.24. The van der Waals surface area contributed by atoms with Crippen LogP contribution in [0.1, 0.15) is 25.7 Å². The van der Waals surface area contributed by atoms with Gasteiger partial charge in [0.05, 0.1) is 11.1 Å². The largest absolute Gasteiger partial charge is 0.479 e. The number of hydrogen-bond acceptors (Lipinski definition) is 5. The Bertz CT molecular complexity index is 575. The van der Waals surface area contributed by atoms with Gasteiger partial charge in [-0.25, -0.2) is 0 Å². The second-order valence-electron chi connectivity index (χ2n) is 4.19. The normalized spacial score (nSPS) is 13.6. The van der Waals surface area contributed by atoms with Crippen LogP contribution in [0.15, 0.2) is 24.3 Å². The van der Waals surface area contributed by atoms with Gasteiger partial charge in [-0.3, -0.25) is 4.79 Å². The Labute approximate surface area is 120 Å². The molecule has 0 fully saturated rings. The van der Waals surface area contributed by atoms with Crippen molar-refractivity contribution in [3.05, 3.63) is 35.1 Å². The molecule has 2 aromatic rings. The van der Waals surface area contributed by atoms with E-state index in [4.69, 9.17) is 16.3 Å². The molecule has 7 nitrogen and oxygen atoms in total. The number of benzene rings is 1. The smallest absolute Gasteiger partial charge is 0.261 e. The molecule has 0 saturated heterocycles. The second kappa shape index (κ2) is 6.33. The number of H-pyrrole nitrogens is 1. The van der Waals surface area contributed by atoms with Crippen molar-refractivity contribution in [2.45, 2.75) is 26.0 Å². The minimum atomic E-state index is -0.691. The number of para-hydroxylation sites is 1. The molecule has 20 heavy (non-hydrogen) atoms. The second-order valence-corrected chi connectivity index (χ2v) is 4.60. The lowest BCUT2D eigenvalue weighted by Crippen LogP contribution is -2.38. The first-order valence-corrected chi connectivity index (χ1v) is 6.40. The van der Waals surface area contributed by atoms with E-state index in [9.17, 15) is 4.79 Å². The lowest BCUT2D eigenvalue weighted by molar-refractivity contribution is -0.128. The zero-order valence-electron chi connectivity index (χ0n) is 11.0. The van der Waals surface area contributed by atoms with Crippen LogP contribution in [0.5, 0.6) is 5.75 Å². The standard InChI is InChI=1S/C12H14ClN5O2/c1-7(11-15-17-18-16-11)14-12(19)8(2)20-10-6-4-3-5-9(10)13/h3-8H,1-2H3,(H,14,19)(H,15,16,17,18). The summed E-state index contributed by atoms with van der Waals surface area (Å²) in [6.07, 6.45) is -0.691. The molecule has 2 atom stereocenters. The van der Waals surface area contributed by atoms with Gasteiger partial charge >= 0.3 is 0 Å². The average Bonchev–Trinajstić information content (AvgIpc) is 2.95. The van der Waals surface area contributed by atoms with E-state index in [0.717, 1.165) is 0 Å². The van der Waals surface area contributed by atoms with E-state index in [1.165, 1.54) is 0 Å². The van der Waals surface area contributed by atoms with E-state index in [2.05, 4.69) is 25.9 Å². The van der Waals surface area contributed by atoms with Crippen molar-refractivity contribution >= 4 is 17.5 Å². The maximum atomic E-state index is 12.0. The first-order chi connectivity index (χ1) is 9.58. The van der Waals surface area contributed by atoms with Gasteiger partial charge < -0.3 is 10.1 Å². The van der Waals surface area contributed by atoms with Crippen molar-refractivity contribution in [1.29, 1.82) is 0 Å². The molecule has 8 heteroatoms. The van der Waals surface area contributed by atoms with E-state index >= 15 is 0 Å². The predicted octanol–water partition coefficient (Wildman–Crippen LogP) is 1.50. The maximum Gasteiger partial charge on any atom is 0.261 e. The fourth-order valence-corrected chi connectivity index (χ4v) is 1.71. The first-order valence-electron chi connectivity index (χ1n) is 6.03. The highest BCUT2D eigenvalue weighted by Gasteiger charge is 2.20. The van der Waals surface area contributed by atoms with Crippen LogP contribution < -0.4 is 10.1 Å². The Morgan fingerprint density at radius 1 is 1.40 bits per heavy atom. The molecule has 0 aliphatic heterocycles. The van der Waals surface area contributed by atoms with Crippen LogP contribution in [0.2, 0.25) is 5.02 Å². The third-order valence-corrected chi connectivity index (χ3v) is 2.93. The lowest BCUT2D eigenvalue weighted by atomic mass is 10.3. The number of aromatic nitrogens is 4. The molecule has 0 aliphatic carbocycles. The van der Waals surface area contributed by atoms with E-state index in [0.29, 0.717) is 16.6 Å². The van der Waals surface area contributed by atoms with Gasteiger partial charge in [-0.15, -0.1) is 10.2 Å². The number of tetrazole rings is 1. The molecule has 2 rings (SSSR count). The van der Waals surface area contributed by atoms with E-state index in [-0.39, 0.29) is 11.9 Å². The summed E-state index contributed by atoms with van der Waals surface area (Å²) in [6, 6.07) is 6.61. The molecule has 2 N–H and O–H groups in total. The number of carbonyl (C=O) groups is 1. The van der Waals surface area contributed by atoms with Crippen LogP contribution in [-0.2, 0) is 4.79 Å². The molecule has 2 unspecified atom stereocenters. The number of hydrogen-bond donors (Lipinski definition) is 2. The predicted molar refractivity (Wildman–Crippen MR) is 72.3 cm³/mol. The van der Waals surface area contributed by atoms with Crippen molar-refractivity contribution in [3.8, 4) is 5.75 Å². The molecule has 1 heterocycles. The number of halogens is 1. The lowest BCUT2D eigenvalue weighted by Gasteiger charge is -2.17. The Balaban J connectivity index is 1.94. The monoisotopic (exact) mass is 295 g/mol. The van der Waals surface area contributed by atoms with Crippen molar-refractivity contribution in [2.75, 3.05) is 0 Å². The van der Waals surface area contributed by atoms with E-state index in [1.807, 2.05) is 0 Å². The minimum Gasteiger partial charge on any atom is -0.479 e. The molecule has 1 aromatic heterocycles. The van der Waals surface area contributed by atoms with Crippen LogP contribution in [0.4, 0.5) is 0 Å². The number of amides is 1. The number of nitrogens with zero attached hydrogens (tertiary/aromatic N) is 3. The first kappa shape index (κ1) is 14.3. The molecule has 0 saturated carbocycles. The van der Waals surface area contributed by atoms with Gasteiger partial charge in [-0.2, -0.15) is 5.21 Å². The number of rotatable bonds is 5. The van der Waals surface area contributed by atoms with Gasteiger partial charge in [0, 0.05) is 0 Å². The molecular weight excluding hydrogens is 282 g/mol. The summed E-state index contributed by atoms with van der Waals surface area (Å²) in [5, 5.41) is 16.6. The van der Waals surface area contributed by atoms with Crippen molar-refractivity contribution in [2.24, 2.45) is 0 Å². The third kappa shape index (κ3) is 3.45. The van der Waals surface area contributed by atoms with E-state index in [1.54, 1.807) is 38.1 Å². The molecular formula is C12H14ClN5O2. The molecule has 1 amide bonds. The number of carbonyl (C=O) groups excluding carboxylic acids is 1. The van der Waals surface area contributed by atoms with Gasteiger partial charge in [0.1, 0.15) is 5.75 Å². The van der Waals surface area contributed by atoms with Gasteiger partial charge in [-0.1, -0.05) is 28.9 Å². The fraction of sp³-hybridized carbons (Fsp3) is 0.333. The van der Waals surface area contributed by atoms with Crippen LogP contribution in [0, 0.1) is 0 Å². The fourth-order valence-electron chi connectivity index (χ4n) is 1.53. The van der Waals surface area contributed by atoms with Gasteiger partial charge in [0.2, 0.25) is 0 Å². The van der Waals surface area contributed by atoms with Crippen molar-refractivity contribution < 1.29 is 9.53 Å². The Kier molecular flexibility index (Phi) is 4.52. The Hall–Kier alpha value is -2.15. The minimum absolute atomic E-state index is 0.290. The zero-order chi connectivity index (χ0) is 14.5. The topological polar surface area (TPSA) is 92.8 Å². The quantitative estimate of drug-likeness (QED) is 0.872. The summed E-state index contributed by atoms with van der Waals surface area (Å²) in [5.74, 6) is 0.578. The Morgan fingerprint density at radius 3 is 2.80 bits per heavy atom. The SMILES string of the molecule is CC(Oc1ccccc1Cl)C(=O)NC(C)c1nn[nH]n1. The van der Waals surface area contributed by atoms with Gasteiger partial charge in [0.25, 0.3) is 5.91 Å². The van der Waals surface area contributed by atoms with Crippen LogP contribution in [-0.4, -0.2) is 32.6 Å². The highest BCUT2D eigenvalue weighted by molar-refractivity contribution is 6.32. The van der Waals surface area contributed by atoms with Crippen LogP contribution in [0.25, 0.3) is 0 Å². The van der Waals surface area contributed by atoms with Crippen molar-refractivity contribution in [3.63, 3.8) is 0 Å². The highest BCUT2D eigenvalue weighted by atomic mass is 35.5. The molecule has 106 valence electrons. The van der Waals surface area contributed by atoms with Crippen molar-refractivity contribution in [1.82, 2.24) is 25.9 Å². The summed E-state index contributed by atoms with van der Waals surface area (Å²) >= 11 is 5.97. The molecule has 0 bridgehead atoms. The summed E-state index contributed by atoms with van der Waals surface area (Å²) in [5.41, 5.74) is 0. The van der Waals surface area contributed by atoms with Gasteiger partial charge in [-0.05, 0) is 26.0 Å². The van der Waals surface area contributed by atoms with Crippen LogP contribution in [0.3, 0.4) is 0 Å². The third-order valence-electron chi connectivity index (χ3n) is 2.62. The average molecular weight is 296 g/mol. The summed E-state index contributed by atoms with van der Waals surface area (Å²) < 4.78 is 5.52. The summed E-state index contributed by atoms with van der Waals surface area (Å²) in [6.45, 7) is 3.40. The van der Waals surface area contributed by atoms with E-state index < -0.39 is 6.10 Å². The number of nitrogens with one attached hydrogen (secondary N) is 2. The summed E-state index contributed by atoms with van der Waals surface area (Å²) in [4.78, 5) is 12.0. The molecule has 0 radical (unpaired) electrons. The molecule has 1 aromatic carbocycles. The summed E-state index contributed by atoms with van der Waals surface area (Å²) in [7, 11) is 0. The molecule has 0 aliphatic rings. The zero-order valence-corrected chi connectivity index (χ0v) is 11.8. The Morgan fingerprint density at radius 2 is 2.15 bits per heavy atom. The molecule has 0 spiro atoms. The number of ether oxygens (including phenoxy) is 1. The van der Waals surface area contributed by atoms with Gasteiger partial charge in [0.15, 0.2) is 11.9 Å². The number of aromatic amines is 1. The maximum absolute atomic E-state index is 12.0.